The van der Waals surface area contributed by atoms with Gasteiger partial charge in [-0.05, 0) is 30.5 Å². The quantitative estimate of drug-likeness (QED) is 0.656. The SMILES string of the molecule is OC(C#Cc1ccc2c(c1)N(c1ncncn1)CC21CCOCC1)c1nccs1. The van der Waals surface area contributed by atoms with Crippen molar-refractivity contribution in [2.24, 2.45) is 0 Å². The summed E-state index contributed by atoms with van der Waals surface area (Å²) < 4.78 is 5.62. The average molecular weight is 405 g/mol. The number of ether oxygens (including phenoxy) is 1. The summed E-state index contributed by atoms with van der Waals surface area (Å²) in [6.45, 7) is 2.33. The molecule has 0 aliphatic carbocycles. The Morgan fingerprint density at radius 1 is 1.17 bits per heavy atom. The summed E-state index contributed by atoms with van der Waals surface area (Å²) in [6.07, 6.45) is 5.76. The smallest absolute Gasteiger partial charge is 0.232 e. The van der Waals surface area contributed by atoms with Crippen LogP contribution in [0.25, 0.3) is 0 Å². The third-order valence-electron chi connectivity index (χ3n) is 5.53. The highest BCUT2D eigenvalue weighted by Crippen LogP contribution is 2.48. The van der Waals surface area contributed by atoms with Crippen LogP contribution >= 0.6 is 11.3 Å². The molecule has 8 heteroatoms. The van der Waals surface area contributed by atoms with Gasteiger partial charge in [0.25, 0.3) is 0 Å². The van der Waals surface area contributed by atoms with E-state index in [-0.39, 0.29) is 5.41 Å². The van der Waals surface area contributed by atoms with E-state index in [1.165, 1.54) is 29.6 Å². The molecule has 1 atom stereocenters. The van der Waals surface area contributed by atoms with Crippen LogP contribution in [0, 0.1) is 11.8 Å². The molecule has 1 spiro atoms. The Balaban J connectivity index is 1.53. The predicted octanol–water partition coefficient (Wildman–Crippen LogP) is 2.61. The maximum absolute atomic E-state index is 10.2. The third kappa shape index (κ3) is 3.38. The lowest BCUT2D eigenvalue weighted by Crippen LogP contribution is -2.37. The number of rotatable bonds is 2. The van der Waals surface area contributed by atoms with Crippen LogP contribution in [-0.2, 0) is 10.2 Å². The number of aliphatic hydroxyl groups excluding tert-OH is 1. The van der Waals surface area contributed by atoms with Gasteiger partial charge in [-0.2, -0.15) is 0 Å². The summed E-state index contributed by atoms with van der Waals surface area (Å²) in [5.41, 5.74) is 3.22. The first-order valence-corrected chi connectivity index (χ1v) is 10.3. The molecule has 0 saturated carbocycles. The molecular weight excluding hydrogens is 386 g/mol. The van der Waals surface area contributed by atoms with Gasteiger partial charge in [-0.25, -0.2) is 19.9 Å². The molecule has 2 aromatic heterocycles. The lowest BCUT2D eigenvalue weighted by Gasteiger charge is -2.34. The number of anilines is 2. The summed E-state index contributed by atoms with van der Waals surface area (Å²) in [5.74, 6) is 6.62. The van der Waals surface area contributed by atoms with Crippen LogP contribution in [0.2, 0.25) is 0 Å². The molecule has 1 fully saturated rings. The fourth-order valence-corrected chi connectivity index (χ4v) is 4.65. The van der Waals surface area contributed by atoms with Gasteiger partial charge in [0.15, 0.2) is 6.10 Å². The minimum absolute atomic E-state index is 0.0343. The lowest BCUT2D eigenvalue weighted by molar-refractivity contribution is 0.0557. The second-order valence-electron chi connectivity index (χ2n) is 7.19. The monoisotopic (exact) mass is 405 g/mol. The summed E-state index contributed by atoms with van der Waals surface area (Å²) in [7, 11) is 0. The van der Waals surface area contributed by atoms with Crippen molar-refractivity contribution in [2.75, 3.05) is 24.7 Å². The van der Waals surface area contributed by atoms with E-state index < -0.39 is 6.10 Å². The zero-order chi connectivity index (χ0) is 19.7. The van der Waals surface area contributed by atoms with E-state index in [0.29, 0.717) is 11.0 Å². The molecule has 2 aliphatic rings. The highest BCUT2D eigenvalue weighted by molar-refractivity contribution is 7.09. The molecular formula is C21H19N5O2S. The van der Waals surface area contributed by atoms with Gasteiger partial charge in [0.05, 0.1) is 0 Å². The Morgan fingerprint density at radius 3 is 2.76 bits per heavy atom. The van der Waals surface area contributed by atoms with Crippen molar-refractivity contribution in [3.8, 4) is 11.8 Å². The van der Waals surface area contributed by atoms with E-state index in [1.807, 2.05) is 11.4 Å². The molecule has 1 saturated heterocycles. The zero-order valence-electron chi connectivity index (χ0n) is 15.7. The molecule has 4 heterocycles. The van der Waals surface area contributed by atoms with Crippen molar-refractivity contribution >= 4 is 23.0 Å². The number of thiazole rings is 1. The molecule has 1 unspecified atom stereocenters. The number of aliphatic hydroxyl groups is 1. The van der Waals surface area contributed by atoms with Gasteiger partial charge in [-0.3, -0.25) is 0 Å². The average Bonchev–Trinajstić information content (AvgIpc) is 3.41. The molecule has 2 aliphatic heterocycles. The van der Waals surface area contributed by atoms with E-state index in [1.54, 1.807) is 6.20 Å². The number of nitrogens with zero attached hydrogens (tertiary/aromatic N) is 5. The van der Waals surface area contributed by atoms with Crippen LogP contribution in [0.1, 0.15) is 35.1 Å². The molecule has 3 aromatic rings. The summed E-state index contributed by atoms with van der Waals surface area (Å²) in [4.78, 5) is 18.9. The van der Waals surface area contributed by atoms with Crippen molar-refractivity contribution in [3.05, 3.63) is 58.6 Å². The summed E-state index contributed by atoms with van der Waals surface area (Å²) in [5, 5.41) is 12.6. The van der Waals surface area contributed by atoms with Crippen molar-refractivity contribution in [1.29, 1.82) is 0 Å². The summed E-state index contributed by atoms with van der Waals surface area (Å²) >= 11 is 1.39. The van der Waals surface area contributed by atoms with Gasteiger partial charge >= 0.3 is 0 Å². The van der Waals surface area contributed by atoms with E-state index in [0.717, 1.165) is 43.9 Å². The number of hydrogen-bond acceptors (Lipinski definition) is 8. The van der Waals surface area contributed by atoms with Crippen molar-refractivity contribution in [3.63, 3.8) is 0 Å². The topological polar surface area (TPSA) is 84.3 Å². The second-order valence-corrected chi connectivity index (χ2v) is 8.12. The van der Waals surface area contributed by atoms with Gasteiger partial charge in [0, 0.05) is 48.0 Å². The molecule has 0 bridgehead atoms. The van der Waals surface area contributed by atoms with Crippen LogP contribution in [-0.4, -0.2) is 44.8 Å². The van der Waals surface area contributed by atoms with Gasteiger partial charge in [-0.15, -0.1) is 11.3 Å². The fourth-order valence-electron chi connectivity index (χ4n) is 4.08. The maximum atomic E-state index is 10.2. The predicted molar refractivity (Wildman–Crippen MR) is 109 cm³/mol. The zero-order valence-corrected chi connectivity index (χ0v) is 16.5. The Hall–Kier alpha value is -2.86. The highest BCUT2D eigenvalue weighted by Gasteiger charge is 2.44. The first-order chi connectivity index (χ1) is 14.3. The first kappa shape index (κ1) is 18.2. The number of benzene rings is 1. The Kier molecular flexibility index (Phi) is 4.72. The molecule has 7 nitrogen and oxygen atoms in total. The molecule has 0 amide bonds. The highest BCUT2D eigenvalue weighted by atomic mass is 32.1. The fraction of sp³-hybridized carbons (Fsp3) is 0.333. The van der Waals surface area contributed by atoms with Crippen LogP contribution in [0.4, 0.5) is 11.6 Å². The maximum Gasteiger partial charge on any atom is 0.232 e. The normalized spacial score (nSPS) is 18.2. The first-order valence-electron chi connectivity index (χ1n) is 9.46. The van der Waals surface area contributed by atoms with E-state index >= 15 is 0 Å². The largest absolute Gasteiger partial charge is 0.381 e. The van der Waals surface area contributed by atoms with Crippen LogP contribution in [0.5, 0.6) is 0 Å². The van der Waals surface area contributed by atoms with Crippen molar-refractivity contribution < 1.29 is 9.84 Å². The second kappa shape index (κ2) is 7.52. The van der Waals surface area contributed by atoms with Crippen molar-refractivity contribution in [1.82, 2.24) is 19.9 Å². The molecule has 1 N–H and O–H groups in total. The minimum Gasteiger partial charge on any atom is -0.381 e. The van der Waals surface area contributed by atoms with E-state index in [9.17, 15) is 5.11 Å². The standard InChI is InChI=1S/C21H19N5O2S/c27-18(19-23-7-10-29-19)4-2-15-1-3-16-17(11-15)26(20-24-13-22-14-25-20)12-21(16)5-8-28-9-6-21/h1,3,7,10-11,13-14,18,27H,5-6,8-9,12H2. The lowest BCUT2D eigenvalue weighted by atomic mass is 9.76. The Bertz CT molecular complexity index is 1060. The van der Waals surface area contributed by atoms with Crippen LogP contribution in [0.15, 0.2) is 42.4 Å². The van der Waals surface area contributed by atoms with Crippen LogP contribution in [0.3, 0.4) is 0 Å². The van der Waals surface area contributed by atoms with E-state index in [2.05, 4.69) is 48.8 Å². The number of aromatic nitrogens is 4. The molecule has 5 rings (SSSR count). The Morgan fingerprint density at radius 2 is 2.00 bits per heavy atom. The molecule has 29 heavy (non-hydrogen) atoms. The van der Waals surface area contributed by atoms with Crippen molar-refractivity contribution in [2.45, 2.75) is 24.4 Å². The van der Waals surface area contributed by atoms with Gasteiger partial charge in [0.2, 0.25) is 5.95 Å². The van der Waals surface area contributed by atoms with Gasteiger partial charge in [-0.1, -0.05) is 17.9 Å². The number of hydrogen-bond donors (Lipinski definition) is 1. The van der Waals surface area contributed by atoms with Gasteiger partial charge in [0.1, 0.15) is 17.7 Å². The third-order valence-corrected chi connectivity index (χ3v) is 6.36. The molecule has 146 valence electrons. The minimum atomic E-state index is -0.885. The molecule has 0 radical (unpaired) electrons. The van der Waals surface area contributed by atoms with Gasteiger partial charge < -0.3 is 14.7 Å². The number of fused-ring (bicyclic) bond motifs is 2. The van der Waals surface area contributed by atoms with Crippen LogP contribution < -0.4 is 4.90 Å². The summed E-state index contributed by atoms with van der Waals surface area (Å²) in [6, 6.07) is 6.24. The molecule has 1 aromatic carbocycles. The Labute approximate surface area is 172 Å². The van der Waals surface area contributed by atoms with E-state index in [4.69, 9.17) is 4.74 Å².